The van der Waals surface area contributed by atoms with Crippen LogP contribution in [0.15, 0.2) is 24.4 Å². The Morgan fingerprint density at radius 3 is 2.68 bits per heavy atom. The number of benzene rings is 1. The minimum Gasteiger partial charge on any atom is -0.481 e. The fraction of sp³-hybridized carbons (Fsp3) is 0.400. The first-order valence-corrected chi connectivity index (χ1v) is 7.02. The number of fused-ring (bicyclic) bond motifs is 1. The molecule has 1 aromatic carbocycles. The highest BCUT2D eigenvalue weighted by atomic mass is 35.5. The normalized spacial score (nSPS) is 18.6. The maximum Gasteiger partial charge on any atom is 0.314 e. The number of aliphatic carboxylic acids is 1. The predicted octanol–water partition coefficient (Wildman–Crippen LogP) is 4.11. The number of hydrogen-bond donors (Lipinski definition) is 2. The van der Waals surface area contributed by atoms with Gasteiger partial charge >= 0.3 is 5.97 Å². The first-order chi connectivity index (χ1) is 9.13. The van der Waals surface area contributed by atoms with Gasteiger partial charge in [-0.3, -0.25) is 4.79 Å². The molecular formula is C15H16ClNO2. The van der Waals surface area contributed by atoms with E-state index in [0.717, 1.165) is 48.6 Å². The molecule has 2 N–H and O–H groups in total. The van der Waals surface area contributed by atoms with Crippen LogP contribution in [0.3, 0.4) is 0 Å². The highest BCUT2D eigenvalue weighted by Gasteiger charge is 2.41. The summed E-state index contributed by atoms with van der Waals surface area (Å²) in [6, 6.07) is 5.79. The Morgan fingerprint density at radius 2 is 2.00 bits per heavy atom. The van der Waals surface area contributed by atoms with Crippen LogP contribution in [0.2, 0.25) is 5.02 Å². The van der Waals surface area contributed by atoms with Crippen LogP contribution in [0.4, 0.5) is 0 Å². The van der Waals surface area contributed by atoms with Gasteiger partial charge in [-0.05, 0) is 30.5 Å². The van der Waals surface area contributed by atoms with Gasteiger partial charge in [0.2, 0.25) is 0 Å². The van der Waals surface area contributed by atoms with E-state index >= 15 is 0 Å². The number of hydrogen-bond acceptors (Lipinski definition) is 1. The first-order valence-electron chi connectivity index (χ1n) is 6.64. The number of nitrogens with one attached hydrogen (secondary N) is 1. The van der Waals surface area contributed by atoms with Gasteiger partial charge in [-0.25, -0.2) is 0 Å². The van der Waals surface area contributed by atoms with E-state index in [2.05, 4.69) is 4.98 Å². The van der Waals surface area contributed by atoms with Gasteiger partial charge in [-0.15, -0.1) is 0 Å². The molecule has 2 aromatic rings. The van der Waals surface area contributed by atoms with Crippen LogP contribution in [0.25, 0.3) is 10.9 Å². The number of carbonyl (C=O) groups is 1. The molecule has 0 bridgehead atoms. The maximum absolute atomic E-state index is 11.8. The van der Waals surface area contributed by atoms with Crippen LogP contribution >= 0.6 is 11.6 Å². The summed E-state index contributed by atoms with van der Waals surface area (Å²) in [6.45, 7) is 0. The molecule has 0 aliphatic heterocycles. The van der Waals surface area contributed by atoms with Crippen LogP contribution in [-0.2, 0) is 10.2 Å². The van der Waals surface area contributed by atoms with Crippen molar-refractivity contribution in [3.8, 4) is 0 Å². The Morgan fingerprint density at radius 1 is 1.26 bits per heavy atom. The smallest absolute Gasteiger partial charge is 0.314 e. The van der Waals surface area contributed by atoms with E-state index in [1.807, 2.05) is 18.2 Å². The van der Waals surface area contributed by atoms with Gasteiger partial charge in [0.05, 0.1) is 10.4 Å². The first kappa shape index (κ1) is 12.5. The van der Waals surface area contributed by atoms with E-state index in [9.17, 15) is 9.90 Å². The van der Waals surface area contributed by atoms with Gasteiger partial charge < -0.3 is 10.1 Å². The minimum atomic E-state index is -0.729. The van der Waals surface area contributed by atoms with Gasteiger partial charge in [-0.1, -0.05) is 36.9 Å². The van der Waals surface area contributed by atoms with Crippen molar-refractivity contribution in [1.82, 2.24) is 4.98 Å². The molecule has 1 aromatic heterocycles. The standard InChI is InChI=1S/C15H16ClNO2/c16-12-9-17-13-5-4-10(8-11(12)13)15(14(18)19)6-2-1-3-7-15/h4-5,8-9,17H,1-3,6-7H2,(H,18,19). The molecule has 3 nitrogen and oxygen atoms in total. The molecule has 1 aliphatic carbocycles. The predicted molar refractivity (Wildman–Crippen MR) is 75.7 cm³/mol. The van der Waals surface area contributed by atoms with E-state index in [-0.39, 0.29) is 0 Å². The van der Waals surface area contributed by atoms with E-state index in [0.29, 0.717) is 5.02 Å². The lowest BCUT2D eigenvalue weighted by atomic mass is 9.69. The van der Waals surface area contributed by atoms with Crippen molar-refractivity contribution in [2.75, 3.05) is 0 Å². The van der Waals surface area contributed by atoms with Crippen molar-refractivity contribution < 1.29 is 9.90 Å². The second-order valence-corrected chi connectivity index (χ2v) is 5.75. The molecule has 1 heterocycles. The molecule has 100 valence electrons. The molecule has 1 fully saturated rings. The SMILES string of the molecule is O=C(O)C1(c2ccc3[nH]cc(Cl)c3c2)CCCCC1. The van der Waals surface area contributed by atoms with Gasteiger partial charge in [0.1, 0.15) is 0 Å². The zero-order chi connectivity index (χ0) is 13.5. The fourth-order valence-electron chi connectivity index (χ4n) is 3.17. The van der Waals surface area contributed by atoms with Crippen LogP contribution in [-0.4, -0.2) is 16.1 Å². The van der Waals surface area contributed by atoms with Crippen LogP contribution < -0.4 is 0 Å². The quantitative estimate of drug-likeness (QED) is 0.868. The Hall–Kier alpha value is -1.48. The summed E-state index contributed by atoms with van der Waals surface area (Å²) >= 11 is 6.13. The summed E-state index contributed by atoms with van der Waals surface area (Å²) in [4.78, 5) is 14.9. The van der Waals surface area contributed by atoms with Crippen molar-refractivity contribution in [2.45, 2.75) is 37.5 Å². The molecule has 0 unspecified atom stereocenters. The number of carboxylic acids is 1. The minimum absolute atomic E-state index is 0.646. The Balaban J connectivity index is 2.14. The molecule has 19 heavy (non-hydrogen) atoms. The van der Waals surface area contributed by atoms with Gasteiger partial charge in [0, 0.05) is 17.1 Å². The van der Waals surface area contributed by atoms with Crippen LogP contribution in [0.1, 0.15) is 37.7 Å². The average Bonchev–Trinajstić information content (AvgIpc) is 2.80. The lowest BCUT2D eigenvalue weighted by molar-refractivity contribution is -0.145. The van der Waals surface area contributed by atoms with Crippen molar-refractivity contribution in [3.05, 3.63) is 35.0 Å². The van der Waals surface area contributed by atoms with Crippen molar-refractivity contribution >= 4 is 28.5 Å². The highest BCUT2D eigenvalue weighted by Crippen LogP contribution is 2.41. The number of rotatable bonds is 2. The third kappa shape index (κ3) is 1.93. The summed E-state index contributed by atoms with van der Waals surface area (Å²) in [6.07, 6.45) is 6.26. The second-order valence-electron chi connectivity index (χ2n) is 5.34. The van der Waals surface area contributed by atoms with Crippen LogP contribution in [0, 0.1) is 0 Å². The summed E-state index contributed by atoms with van der Waals surface area (Å²) < 4.78 is 0. The van der Waals surface area contributed by atoms with E-state index in [1.54, 1.807) is 6.20 Å². The number of aromatic nitrogens is 1. The molecule has 0 spiro atoms. The molecule has 0 radical (unpaired) electrons. The number of H-pyrrole nitrogens is 1. The summed E-state index contributed by atoms with van der Waals surface area (Å²) in [7, 11) is 0. The second kappa shape index (κ2) is 4.57. The van der Waals surface area contributed by atoms with Crippen LogP contribution in [0.5, 0.6) is 0 Å². The lowest BCUT2D eigenvalue weighted by Gasteiger charge is -2.33. The largest absolute Gasteiger partial charge is 0.481 e. The molecule has 1 aliphatic rings. The average molecular weight is 278 g/mol. The Bertz CT molecular complexity index is 626. The highest BCUT2D eigenvalue weighted by molar-refractivity contribution is 6.35. The van der Waals surface area contributed by atoms with E-state index < -0.39 is 11.4 Å². The molecule has 1 saturated carbocycles. The Labute approximate surface area is 116 Å². The molecule has 4 heteroatoms. The summed E-state index contributed by atoms with van der Waals surface area (Å²) in [5.74, 6) is -0.710. The van der Waals surface area contributed by atoms with E-state index in [1.165, 1.54) is 0 Å². The van der Waals surface area contributed by atoms with E-state index in [4.69, 9.17) is 11.6 Å². The van der Waals surface area contributed by atoms with Gasteiger partial charge in [0.15, 0.2) is 0 Å². The third-order valence-corrected chi connectivity index (χ3v) is 4.61. The van der Waals surface area contributed by atoms with Crippen molar-refractivity contribution in [1.29, 1.82) is 0 Å². The number of carboxylic acid groups (broad SMARTS) is 1. The third-order valence-electron chi connectivity index (χ3n) is 4.30. The maximum atomic E-state index is 11.8. The lowest BCUT2D eigenvalue weighted by Crippen LogP contribution is -2.37. The van der Waals surface area contributed by atoms with Crippen molar-refractivity contribution in [3.63, 3.8) is 0 Å². The molecule has 0 amide bonds. The number of aromatic amines is 1. The zero-order valence-corrected chi connectivity index (χ0v) is 11.3. The number of halogens is 1. The zero-order valence-electron chi connectivity index (χ0n) is 10.6. The molecule has 0 saturated heterocycles. The molecule has 0 atom stereocenters. The monoisotopic (exact) mass is 277 g/mol. The fourth-order valence-corrected chi connectivity index (χ4v) is 3.38. The Kier molecular flexibility index (Phi) is 3.02. The molecular weight excluding hydrogens is 262 g/mol. The van der Waals surface area contributed by atoms with Gasteiger partial charge in [0.25, 0.3) is 0 Å². The van der Waals surface area contributed by atoms with Gasteiger partial charge in [-0.2, -0.15) is 0 Å². The summed E-state index contributed by atoms with van der Waals surface area (Å²) in [5, 5.41) is 11.2. The topological polar surface area (TPSA) is 53.1 Å². The summed E-state index contributed by atoms with van der Waals surface area (Å²) in [5.41, 5.74) is 1.10. The van der Waals surface area contributed by atoms with Crippen molar-refractivity contribution in [2.24, 2.45) is 0 Å². The molecule has 3 rings (SSSR count).